The zero-order chi connectivity index (χ0) is 22.8. The summed E-state index contributed by atoms with van der Waals surface area (Å²) in [5, 5.41) is 3.19. The molecule has 0 bridgehead atoms. The Balaban J connectivity index is 1.44. The molecular formula is C24H31N5O3. The van der Waals surface area contributed by atoms with Gasteiger partial charge in [0, 0.05) is 45.1 Å². The molecule has 1 aromatic heterocycles. The van der Waals surface area contributed by atoms with Crippen LogP contribution in [0, 0.1) is 13.8 Å². The normalized spacial score (nSPS) is 17.8. The number of fused-ring (bicyclic) bond motifs is 1. The van der Waals surface area contributed by atoms with Crippen molar-refractivity contribution in [2.45, 2.75) is 46.1 Å². The van der Waals surface area contributed by atoms with Gasteiger partial charge in [-0.15, -0.1) is 0 Å². The minimum Gasteiger partial charge on any atom is -0.483 e. The summed E-state index contributed by atoms with van der Waals surface area (Å²) in [5.41, 5.74) is 4.04. The average Bonchev–Trinajstić information content (AvgIpc) is 3.28. The number of ether oxygens (including phenoxy) is 1. The molecule has 1 N–H and O–H groups in total. The smallest absolute Gasteiger partial charge is 0.260 e. The monoisotopic (exact) mass is 437 g/mol. The molecule has 0 radical (unpaired) electrons. The van der Waals surface area contributed by atoms with Gasteiger partial charge in [-0.3, -0.25) is 9.59 Å². The van der Waals surface area contributed by atoms with Crippen LogP contribution < -0.4 is 10.1 Å². The zero-order valence-corrected chi connectivity index (χ0v) is 19.3. The Morgan fingerprint density at radius 3 is 2.59 bits per heavy atom. The summed E-state index contributed by atoms with van der Waals surface area (Å²) in [5.74, 6) is 2.46. The van der Waals surface area contributed by atoms with E-state index in [-0.39, 0.29) is 24.3 Å². The first-order chi connectivity index (χ1) is 15.4. The lowest BCUT2D eigenvalue weighted by Crippen LogP contribution is -2.36. The van der Waals surface area contributed by atoms with E-state index >= 15 is 0 Å². The second-order valence-electron chi connectivity index (χ2n) is 8.63. The molecular weight excluding hydrogens is 406 g/mol. The van der Waals surface area contributed by atoms with Gasteiger partial charge in [0.25, 0.3) is 5.91 Å². The fourth-order valence-corrected chi connectivity index (χ4v) is 4.56. The van der Waals surface area contributed by atoms with Gasteiger partial charge in [0.2, 0.25) is 5.91 Å². The molecule has 4 rings (SSSR count). The highest BCUT2D eigenvalue weighted by molar-refractivity contribution is 5.78. The number of hydrogen-bond donors (Lipinski definition) is 1. The van der Waals surface area contributed by atoms with Crippen LogP contribution in [0.1, 0.15) is 47.5 Å². The van der Waals surface area contributed by atoms with Crippen LogP contribution in [-0.4, -0.2) is 64.9 Å². The van der Waals surface area contributed by atoms with Crippen molar-refractivity contribution in [1.82, 2.24) is 19.8 Å². The van der Waals surface area contributed by atoms with E-state index in [2.05, 4.69) is 5.32 Å². The number of nitrogens with one attached hydrogen (secondary N) is 1. The van der Waals surface area contributed by atoms with Gasteiger partial charge >= 0.3 is 0 Å². The van der Waals surface area contributed by atoms with Crippen molar-refractivity contribution in [3.8, 4) is 5.75 Å². The van der Waals surface area contributed by atoms with Crippen molar-refractivity contribution in [2.75, 3.05) is 38.6 Å². The molecule has 0 aliphatic carbocycles. The second kappa shape index (κ2) is 9.14. The molecule has 32 heavy (non-hydrogen) atoms. The predicted molar refractivity (Wildman–Crippen MR) is 122 cm³/mol. The highest BCUT2D eigenvalue weighted by atomic mass is 16.5. The number of hydrogen-bond acceptors (Lipinski definition) is 6. The standard InChI is InChI=1S/C24H31N5O3/c1-15-6-5-7-16(2)22(15)32-14-21(31)29-10-8-18(12-29)23-26-20-13-28(17(3)30)11-9-19(20)24(25-4)27-23/h5-7,18H,8-14H2,1-4H3,(H,25,26,27)/t18-/m0/s1. The maximum absolute atomic E-state index is 12.8. The van der Waals surface area contributed by atoms with Crippen LogP contribution in [0.4, 0.5) is 5.82 Å². The van der Waals surface area contributed by atoms with E-state index in [9.17, 15) is 9.59 Å². The van der Waals surface area contributed by atoms with Crippen molar-refractivity contribution in [1.29, 1.82) is 0 Å². The minimum atomic E-state index is -0.0234. The molecule has 0 unspecified atom stereocenters. The molecule has 8 heteroatoms. The maximum atomic E-state index is 12.8. The molecule has 1 fully saturated rings. The third-order valence-electron chi connectivity index (χ3n) is 6.42. The number of aromatic nitrogens is 2. The molecule has 2 aliphatic rings. The van der Waals surface area contributed by atoms with Gasteiger partial charge in [-0.1, -0.05) is 18.2 Å². The minimum absolute atomic E-state index is 0.0234. The van der Waals surface area contributed by atoms with Gasteiger partial charge in [0.05, 0.1) is 12.2 Å². The first kappa shape index (κ1) is 22.0. The van der Waals surface area contributed by atoms with Crippen molar-refractivity contribution in [3.05, 3.63) is 46.4 Å². The molecule has 1 aromatic carbocycles. The molecule has 2 aromatic rings. The number of rotatable bonds is 5. The maximum Gasteiger partial charge on any atom is 0.260 e. The van der Waals surface area contributed by atoms with Crippen LogP contribution >= 0.6 is 0 Å². The topological polar surface area (TPSA) is 87.7 Å². The predicted octanol–water partition coefficient (Wildman–Crippen LogP) is 2.43. The summed E-state index contributed by atoms with van der Waals surface area (Å²) in [7, 11) is 1.86. The summed E-state index contributed by atoms with van der Waals surface area (Å²) < 4.78 is 5.86. The van der Waals surface area contributed by atoms with Crippen LogP contribution in [0.15, 0.2) is 18.2 Å². The lowest BCUT2D eigenvalue weighted by atomic mass is 10.0. The molecule has 1 saturated heterocycles. The van der Waals surface area contributed by atoms with Gasteiger partial charge in [-0.25, -0.2) is 9.97 Å². The Morgan fingerprint density at radius 1 is 1.16 bits per heavy atom. The number of benzene rings is 1. The number of carbonyl (C=O) groups excluding carboxylic acids is 2. The van der Waals surface area contributed by atoms with Crippen molar-refractivity contribution in [3.63, 3.8) is 0 Å². The van der Waals surface area contributed by atoms with E-state index in [1.165, 1.54) is 0 Å². The SMILES string of the molecule is CNc1nc([C@H]2CCN(C(=O)COc3c(C)cccc3C)C2)nc2c1CCN(C(C)=O)C2. The van der Waals surface area contributed by atoms with E-state index in [0.717, 1.165) is 52.6 Å². The number of aryl methyl sites for hydroxylation is 2. The third kappa shape index (κ3) is 4.40. The van der Waals surface area contributed by atoms with E-state index in [1.807, 2.05) is 48.9 Å². The van der Waals surface area contributed by atoms with Crippen LogP contribution in [0.5, 0.6) is 5.75 Å². The number of likely N-dealkylation sites (tertiary alicyclic amines) is 1. The molecule has 0 spiro atoms. The van der Waals surface area contributed by atoms with E-state index in [1.54, 1.807) is 6.92 Å². The summed E-state index contributed by atoms with van der Waals surface area (Å²) in [6.07, 6.45) is 1.56. The average molecular weight is 438 g/mol. The fourth-order valence-electron chi connectivity index (χ4n) is 4.56. The Morgan fingerprint density at radius 2 is 1.91 bits per heavy atom. The van der Waals surface area contributed by atoms with Crippen LogP contribution in [-0.2, 0) is 22.6 Å². The molecule has 8 nitrogen and oxygen atoms in total. The molecule has 2 aliphatic heterocycles. The number of nitrogens with zero attached hydrogens (tertiary/aromatic N) is 4. The lowest BCUT2D eigenvalue weighted by molar-refractivity contribution is -0.132. The van der Waals surface area contributed by atoms with Gasteiger partial charge in [0.15, 0.2) is 6.61 Å². The Labute approximate surface area is 189 Å². The first-order valence-electron chi connectivity index (χ1n) is 11.2. The lowest BCUT2D eigenvalue weighted by Gasteiger charge is -2.29. The van der Waals surface area contributed by atoms with E-state index in [4.69, 9.17) is 14.7 Å². The quantitative estimate of drug-likeness (QED) is 0.773. The fraction of sp³-hybridized carbons (Fsp3) is 0.500. The highest BCUT2D eigenvalue weighted by Gasteiger charge is 2.32. The first-order valence-corrected chi connectivity index (χ1v) is 11.2. The highest BCUT2D eigenvalue weighted by Crippen LogP contribution is 2.30. The number of para-hydroxylation sites is 1. The largest absolute Gasteiger partial charge is 0.483 e. The third-order valence-corrected chi connectivity index (χ3v) is 6.42. The van der Waals surface area contributed by atoms with Crippen molar-refractivity contribution in [2.24, 2.45) is 0 Å². The van der Waals surface area contributed by atoms with Gasteiger partial charge in [-0.2, -0.15) is 0 Å². The Kier molecular flexibility index (Phi) is 6.30. The molecule has 3 heterocycles. The summed E-state index contributed by atoms with van der Waals surface area (Å²) in [4.78, 5) is 37.9. The molecule has 1 atom stereocenters. The van der Waals surface area contributed by atoms with Crippen molar-refractivity contribution >= 4 is 17.6 Å². The van der Waals surface area contributed by atoms with E-state index in [0.29, 0.717) is 26.2 Å². The summed E-state index contributed by atoms with van der Waals surface area (Å²) in [6.45, 7) is 8.02. The molecule has 2 amide bonds. The Hall–Kier alpha value is -3.16. The summed E-state index contributed by atoms with van der Waals surface area (Å²) >= 11 is 0. The Bertz CT molecular complexity index is 1020. The van der Waals surface area contributed by atoms with Crippen LogP contribution in [0.2, 0.25) is 0 Å². The zero-order valence-electron chi connectivity index (χ0n) is 19.3. The van der Waals surface area contributed by atoms with Crippen LogP contribution in [0.25, 0.3) is 0 Å². The van der Waals surface area contributed by atoms with Gasteiger partial charge in [-0.05, 0) is 37.8 Å². The van der Waals surface area contributed by atoms with Gasteiger partial charge < -0.3 is 19.9 Å². The number of amides is 2. The van der Waals surface area contributed by atoms with Gasteiger partial charge in [0.1, 0.15) is 17.4 Å². The molecule has 0 saturated carbocycles. The molecule has 170 valence electrons. The van der Waals surface area contributed by atoms with Crippen LogP contribution in [0.3, 0.4) is 0 Å². The van der Waals surface area contributed by atoms with Crippen molar-refractivity contribution < 1.29 is 14.3 Å². The number of carbonyl (C=O) groups is 2. The summed E-state index contributed by atoms with van der Waals surface area (Å²) in [6, 6.07) is 5.95. The second-order valence-corrected chi connectivity index (χ2v) is 8.63. The number of anilines is 1. The van der Waals surface area contributed by atoms with E-state index < -0.39 is 0 Å².